The molecule has 1 atom stereocenters. The highest BCUT2D eigenvalue weighted by molar-refractivity contribution is 5.89. The number of piperidine rings is 1. The average molecular weight is 424 g/mol. The summed E-state index contributed by atoms with van der Waals surface area (Å²) in [6, 6.07) is 16.9. The minimum atomic E-state index is -0.485. The van der Waals surface area contributed by atoms with Gasteiger partial charge in [-0.25, -0.2) is 4.79 Å². The summed E-state index contributed by atoms with van der Waals surface area (Å²) in [6.45, 7) is 11.9. The number of benzene rings is 2. The lowest BCUT2D eigenvalue weighted by molar-refractivity contribution is -0.320. The molecule has 0 amide bonds. The zero-order valence-corrected chi connectivity index (χ0v) is 18.9. The molecule has 0 aliphatic carbocycles. The van der Waals surface area contributed by atoms with E-state index >= 15 is 0 Å². The van der Waals surface area contributed by atoms with Crippen molar-refractivity contribution in [3.05, 3.63) is 77.9 Å². The van der Waals surface area contributed by atoms with Gasteiger partial charge in [0.05, 0.1) is 12.2 Å². The Labute approximate surface area is 185 Å². The van der Waals surface area contributed by atoms with Gasteiger partial charge in [-0.05, 0) is 51.0 Å². The second kappa shape index (κ2) is 9.35. The summed E-state index contributed by atoms with van der Waals surface area (Å²) in [5.41, 5.74) is 1.66. The zero-order valence-electron chi connectivity index (χ0n) is 18.9. The number of carbonyl (C=O) groups is 1. The van der Waals surface area contributed by atoms with E-state index < -0.39 is 17.2 Å². The molecule has 1 saturated heterocycles. The first kappa shape index (κ1) is 23.2. The van der Waals surface area contributed by atoms with Crippen molar-refractivity contribution in [3.63, 3.8) is 0 Å². The number of aliphatic hydroxyl groups is 1. The van der Waals surface area contributed by atoms with E-state index in [1.165, 1.54) is 0 Å². The Morgan fingerprint density at radius 2 is 1.68 bits per heavy atom. The fraction of sp³-hybridized carbons (Fsp3) is 0.423. The van der Waals surface area contributed by atoms with Gasteiger partial charge in [0, 0.05) is 23.9 Å². The van der Waals surface area contributed by atoms with Crippen molar-refractivity contribution in [1.29, 1.82) is 0 Å². The van der Waals surface area contributed by atoms with E-state index in [0.29, 0.717) is 18.4 Å². The first-order valence-electron chi connectivity index (χ1n) is 10.7. The van der Waals surface area contributed by atoms with Crippen LogP contribution in [-0.2, 0) is 9.57 Å². The third-order valence-corrected chi connectivity index (χ3v) is 5.78. The Kier molecular flexibility index (Phi) is 6.99. The van der Waals surface area contributed by atoms with E-state index in [4.69, 9.17) is 9.57 Å². The summed E-state index contributed by atoms with van der Waals surface area (Å²) in [6.07, 6.45) is 2.33. The molecule has 2 aromatic carbocycles. The van der Waals surface area contributed by atoms with Gasteiger partial charge < -0.3 is 9.84 Å². The molecular weight excluding hydrogens is 390 g/mol. The molecular formula is C26H33NO4. The number of aliphatic hydroxyl groups excluding tert-OH is 1. The molecule has 0 spiro atoms. The number of hydrogen-bond donors (Lipinski definition) is 1. The molecule has 2 aromatic rings. The van der Waals surface area contributed by atoms with Gasteiger partial charge in [0.1, 0.15) is 12.2 Å². The summed E-state index contributed by atoms with van der Waals surface area (Å²) in [4.78, 5) is 19.0. The third-order valence-electron chi connectivity index (χ3n) is 5.78. The lowest BCUT2D eigenvalue weighted by Gasteiger charge is -2.54. The van der Waals surface area contributed by atoms with E-state index in [2.05, 4.69) is 34.3 Å². The molecule has 1 aliphatic rings. The first-order chi connectivity index (χ1) is 14.7. The van der Waals surface area contributed by atoms with Gasteiger partial charge in [-0.15, -0.1) is 0 Å². The molecule has 1 aliphatic heterocycles. The number of ether oxygens (including phenoxy) is 1. The second-order valence-electron chi connectivity index (χ2n) is 9.37. The predicted molar refractivity (Wildman–Crippen MR) is 122 cm³/mol. The van der Waals surface area contributed by atoms with Crippen molar-refractivity contribution in [2.24, 2.45) is 0 Å². The molecule has 0 aromatic heterocycles. The Balaban J connectivity index is 1.74. The van der Waals surface area contributed by atoms with Crippen LogP contribution in [0.1, 0.15) is 68.1 Å². The average Bonchev–Trinajstić information content (AvgIpc) is 2.73. The third kappa shape index (κ3) is 5.42. The van der Waals surface area contributed by atoms with Gasteiger partial charge in [0.15, 0.2) is 0 Å². The fourth-order valence-electron chi connectivity index (χ4n) is 4.51. The standard InChI is InChI=1S/C26H33NO4/c1-6-19-12-14-20(15-13-19)23(18-28)31-27-25(2,3)16-22(17-26(27,4)5)30-24(29)21-10-8-7-9-11-21/h6-15,22-23,28H,1,16-18H2,2-5H3. The fourth-order valence-corrected chi connectivity index (χ4v) is 4.51. The van der Waals surface area contributed by atoms with Crippen LogP contribution in [0, 0.1) is 0 Å². The van der Waals surface area contributed by atoms with Crippen LogP contribution in [0.2, 0.25) is 0 Å². The number of hydroxylamine groups is 2. The minimum absolute atomic E-state index is 0.136. The monoisotopic (exact) mass is 423 g/mol. The summed E-state index contributed by atoms with van der Waals surface area (Å²) in [5, 5.41) is 12.0. The first-order valence-corrected chi connectivity index (χ1v) is 10.7. The van der Waals surface area contributed by atoms with Crippen LogP contribution in [-0.4, -0.2) is 39.9 Å². The SMILES string of the molecule is C=Cc1ccc(C(CO)ON2C(C)(C)CC(OC(=O)c3ccccc3)CC2(C)C)cc1. The van der Waals surface area contributed by atoms with Crippen LogP contribution in [0.4, 0.5) is 0 Å². The van der Waals surface area contributed by atoms with Gasteiger partial charge in [-0.1, -0.05) is 55.1 Å². The molecule has 5 heteroatoms. The normalized spacial score (nSPS) is 19.5. The van der Waals surface area contributed by atoms with Crippen molar-refractivity contribution < 1.29 is 19.5 Å². The predicted octanol–water partition coefficient (Wildman–Crippen LogP) is 5.17. The zero-order chi connectivity index (χ0) is 22.6. The van der Waals surface area contributed by atoms with E-state index in [0.717, 1.165) is 11.1 Å². The quantitative estimate of drug-likeness (QED) is 0.623. The molecule has 166 valence electrons. The van der Waals surface area contributed by atoms with Gasteiger partial charge in [-0.3, -0.25) is 4.84 Å². The lowest BCUT2D eigenvalue weighted by atomic mass is 9.80. The minimum Gasteiger partial charge on any atom is -0.459 e. The van der Waals surface area contributed by atoms with E-state index in [9.17, 15) is 9.90 Å². The Bertz CT molecular complexity index is 871. The maximum absolute atomic E-state index is 12.6. The summed E-state index contributed by atoms with van der Waals surface area (Å²) in [7, 11) is 0. The molecule has 0 radical (unpaired) electrons. The van der Waals surface area contributed by atoms with Gasteiger partial charge in [-0.2, -0.15) is 5.06 Å². The molecule has 0 bridgehead atoms. The number of rotatable bonds is 7. The topological polar surface area (TPSA) is 59.0 Å². The molecule has 31 heavy (non-hydrogen) atoms. The van der Waals surface area contributed by atoms with Crippen LogP contribution in [0.15, 0.2) is 61.2 Å². The second-order valence-corrected chi connectivity index (χ2v) is 9.37. The van der Waals surface area contributed by atoms with Gasteiger partial charge in [0.2, 0.25) is 0 Å². The van der Waals surface area contributed by atoms with Crippen LogP contribution >= 0.6 is 0 Å². The van der Waals surface area contributed by atoms with Crippen LogP contribution in [0.3, 0.4) is 0 Å². The number of esters is 1. The molecule has 1 heterocycles. The van der Waals surface area contributed by atoms with Gasteiger partial charge >= 0.3 is 5.97 Å². The molecule has 3 rings (SSSR count). The molecule has 5 nitrogen and oxygen atoms in total. The van der Waals surface area contributed by atoms with Crippen LogP contribution in [0.25, 0.3) is 6.08 Å². The number of hydrogen-bond acceptors (Lipinski definition) is 5. The Morgan fingerprint density at radius 3 is 2.19 bits per heavy atom. The van der Waals surface area contributed by atoms with Gasteiger partial charge in [0.25, 0.3) is 0 Å². The van der Waals surface area contributed by atoms with Crippen molar-refractivity contribution in [3.8, 4) is 0 Å². The molecule has 0 saturated carbocycles. The lowest BCUT2D eigenvalue weighted by Crippen LogP contribution is -2.62. The highest BCUT2D eigenvalue weighted by Crippen LogP contribution is 2.42. The summed E-state index contributed by atoms with van der Waals surface area (Å²) >= 11 is 0. The van der Waals surface area contributed by atoms with Crippen molar-refractivity contribution >= 4 is 12.0 Å². The van der Waals surface area contributed by atoms with Crippen LogP contribution < -0.4 is 0 Å². The highest BCUT2D eigenvalue weighted by Gasteiger charge is 2.48. The largest absolute Gasteiger partial charge is 0.459 e. The smallest absolute Gasteiger partial charge is 0.338 e. The Morgan fingerprint density at radius 1 is 1.10 bits per heavy atom. The van der Waals surface area contributed by atoms with E-state index in [1.807, 2.05) is 47.5 Å². The summed E-state index contributed by atoms with van der Waals surface area (Å²) in [5.74, 6) is -0.304. The van der Waals surface area contributed by atoms with Crippen molar-refractivity contribution in [2.75, 3.05) is 6.61 Å². The summed E-state index contributed by atoms with van der Waals surface area (Å²) < 4.78 is 5.86. The Hall–Kier alpha value is -2.47. The molecule has 1 unspecified atom stereocenters. The van der Waals surface area contributed by atoms with Crippen molar-refractivity contribution in [2.45, 2.75) is 63.8 Å². The molecule has 1 N–H and O–H groups in total. The maximum Gasteiger partial charge on any atom is 0.338 e. The maximum atomic E-state index is 12.6. The van der Waals surface area contributed by atoms with E-state index in [-0.39, 0.29) is 18.7 Å². The number of carbonyl (C=O) groups excluding carboxylic acids is 1. The highest BCUT2D eigenvalue weighted by atomic mass is 16.7. The molecule has 1 fully saturated rings. The van der Waals surface area contributed by atoms with Crippen LogP contribution in [0.5, 0.6) is 0 Å². The van der Waals surface area contributed by atoms with E-state index in [1.54, 1.807) is 18.2 Å². The van der Waals surface area contributed by atoms with Crippen molar-refractivity contribution in [1.82, 2.24) is 5.06 Å². The number of nitrogens with zero attached hydrogens (tertiary/aromatic N) is 1.